The van der Waals surface area contributed by atoms with E-state index in [1.807, 2.05) is 13.8 Å². The summed E-state index contributed by atoms with van der Waals surface area (Å²) in [6.07, 6.45) is 2.65. The zero-order valence-corrected chi connectivity index (χ0v) is 13.9. The molecule has 1 atom stereocenters. The third kappa shape index (κ3) is 5.62. The second-order valence-corrected chi connectivity index (χ2v) is 8.05. The fraction of sp³-hybridized carbons (Fsp3) is 0.846. The number of nitrogens with zero attached hydrogens (tertiary/aromatic N) is 2. The van der Waals surface area contributed by atoms with Crippen LogP contribution in [-0.2, 0) is 14.8 Å². The van der Waals surface area contributed by atoms with Crippen molar-refractivity contribution in [1.29, 1.82) is 0 Å². The minimum Gasteiger partial charge on any atom is -0.334 e. The van der Waals surface area contributed by atoms with Crippen molar-refractivity contribution < 1.29 is 18.0 Å². The highest BCUT2D eigenvalue weighted by Gasteiger charge is 2.31. The van der Waals surface area contributed by atoms with Crippen molar-refractivity contribution in [2.75, 3.05) is 26.4 Å². The van der Waals surface area contributed by atoms with Crippen LogP contribution in [0.5, 0.6) is 0 Å². The number of hydrogen-bond acceptors (Lipinski definition) is 4. The summed E-state index contributed by atoms with van der Waals surface area (Å²) < 4.78 is 23.7. The molecule has 1 rings (SSSR count). The molecule has 1 saturated heterocycles. The smallest absolute Gasteiger partial charge is 0.324 e. The standard InChI is InChI=1S/C13H25N3O4S/c1-10(2)8-11-9-12(17)16(13(18)14-11)7-5-6-15(3)21(4,19)20/h10-11H,5-9H2,1-4H3,(H,14,18)/t11-/m1/s1. The minimum absolute atomic E-state index is 0.0973. The van der Waals surface area contributed by atoms with Gasteiger partial charge in [-0.1, -0.05) is 13.8 Å². The van der Waals surface area contributed by atoms with E-state index in [4.69, 9.17) is 0 Å². The lowest BCUT2D eigenvalue weighted by Crippen LogP contribution is -2.55. The highest BCUT2D eigenvalue weighted by atomic mass is 32.2. The fourth-order valence-electron chi connectivity index (χ4n) is 2.29. The van der Waals surface area contributed by atoms with E-state index in [9.17, 15) is 18.0 Å². The SMILES string of the molecule is CC(C)C[C@@H]1CC(=O)N(CCCN(C)S(C)(=O)=O)C(=O)N1. The number of rotatable bonds is 7. The number of imide groups is 1. The number of amides is 3. The van der Waals surface area contributed by atoms with Crippen molar-refractivity contribution in [1.82, 2.24) is 14.5 Å². The van der Waals surface area contributed by atoms with Crippen LogP contribution in [-0.4, -0.2) is 62.0 Å². The molecule has 8 heteroatoms. The monoisotopic (exact) mass is 319 g/mol. The number of hydrogen-bond donors (Lipinski definition) is 1. The van der Waals surface area contributed by atoms with Gasteiger partial charge in [0, 0.05) is 32.6 Å². The summed E-state index contributed by atoms with van der Waals surface area (Å²) >= 11 is 0. The molecule has 122 valence electrons. The summed E-state index contributed by atoms with van der Waals surface area (Å²) in [6, 6.07) is -0.473. The van der Waals surface area contributed by atoms with Gasteiger partial charge in [0.2, 0.25) is 15.9 Å². The van der Waals surface area contributed by atoms with Crippen molar-refractivity contribution in [2.45, 2.75) is 39.2 Å². The number of carbonyl (C=O) groups is 2. The van der Waals surface area contributed by atoms with E-state index >= 15 is 0 Å². The normalized spacial score (nSPS) is 20.3. The molecule has 0 radical (unpaired) electrons. The van der Waals surface area contributed by atoms with E-state index in [1.165, 1.54) is 16.3 Å². The van der Waals surface area contributed by atoms with Crippen LogP contribution >= 0.6 is 0 Å². The van der Waals surface area contributed by atoms with E-state index in [1.54, 1.807) is 0 Å². The largest absolute Gasteiger partial charge is 0.334 e. The molecule has 3 amide bonds. The van der Waals surface area contributed by atoms with Gasteiger partial charge in [0.1, 0.15) is 0 Å². The highest BCUT2D eigenvalue weighted by Crippen LogP contribution is 2.15. The average molecular weight is 319 g/mol. The van der Waals surface area contributed by atoms with Gasteiger partial charge in [0.05, 0.1) is 6.26 Å². The molecule has 0 spiro atoms. The van der Waals surface area contributed by atoms with E-state index in [0.717, 1.165) is 12.7 Å². The predicted octanol–water partition coefficient (Wildman–Crippen LogP) is 0.625. The minimum atomic E-state index is -3.23. The van der Waals surface area contributed by atoms with Gasteiger partial charge in [-0.05, 0) is 18.8 Å². The molecule has 7 nitrogen and oxygen atoms in total. The molecule has 1 N–H and O–H groups in total. The molecule has 0 aliphatic carbocycles. The lowest BCUT2D eigenvalue weighted by Gasteiger charge is -2.32. The Bertz CT molecular complexity index is 472. The molecule has 0 aromatic rings. The van der Waals surface area contributed by atoms with Crippen LogP contribution in [0, 0.1) is 5.92 Å². The molecule has 1 aliphatic heterocycles. The summed E-state index contributed by atoms with van der Waals surface area (Å²) in [5, 5.41) is 2.83. The number of urea groups is 1. The van der Waals surface area contributed by atoms with Crippen LogP contribution in [0.15, 0.2) is 0 Å². The third-order valence-corrected chi connectivity index (χ3v) is 4.79. The van der Waals surface area contributed by atoms with Gasteiger partial charge in [-0.2, -0.15) is 0 Å². The first-order chi connectivity index (χ1) is 9.61. The quantitative estimate of drug-likeness (QED) is 0.745. The topological polar surface area (TPSA) is 86.8 Å². The van der Waals surface area contributed by atoms with Gasteiger partial charge in [-0.3, -0.25) is 9.69 Å². The van der Waals surface area contributed by atoms with Crippen LogP contribution in [0.4, 0.5) is 4.79 Å². The zero-order chi connectivity index (χ0) is 16.2. The van der Waals surface area contributed by atoms with E-state index in [2.05, 4.69) is 5.32 Å². The Hall–Kier alpha value is -1.15. The van der Waals surface area contributed by atoms with Crippen molar-refractivity contribution in [3.05, 3.63) is 0 Å². The number of sulfonamides is 1. The fourth-order valence-corrected chi connectivity index (χ4v) is 2.75. The molecule has 1 heterocycles. The lowest BCUT2D eigenvalue weighted by atomic mass is 9.99. The summed E-state index contributed by atoms with van der Waals surface area (Å²) in [7, 11) is -1.75. The number of carbonyl (C=O) groups excluding carboxylic acids is 2. The van der Waals surface area contributed by atoms with Crippen LogP contribution in [0.25, 0.3) is 0 Å². The summed E-state index contributed by atoms with van der Waals surface area (Å²) in [5.41, 5.74) is 0. The first kappa shape index (κ1) is 17.9. The summed E-state index contributed by atoms with van der Waals surface area (Å²) in [6.45, 7) is 4.61. The van der Waals surface area contributed by atoms with Gasteiger partial charge in [0.15, 0.2) is 0 Å². The molecule has 0 saturated carbocycles. The average Bonchev–Trinajstić information content (AvgIpc) is 2.30. The second-order valence-electron chi connectivity index (χ2n) is 5.96. The van der Waals surface area contributed by atoms with Gasteiger partial charge >= 0.3 is 6.03 Å². The van der Waals surface area contributed by atoms with Crippen LogP contribution in [0.1, 0.15) is 33.1 Å². The third-order valence-electron chi connectivity index (χ3n) is 3.47. The Morgan fingerprint density at radius 3 is 2.48 bits per heavy atom. The van der Waals surface area contributed by atoms with E-state index < -0.39 is 10.0 Å². The van der Waals surface area contributed by atoms with Gasteiger partial charge < -0.3 is 5.32 Å². The first-order valence-corrected chi connectivity index (χ1v) is 8.98. The lowest BCUT2D eigenvalue weighted by molar-refractivity contribution is -0.130. The Kier molecular flexibility index (Phi) is 6.15. The molecule has 0 aromatic heterocycles. The molecule has 0 unspecified atom stereocenters. The maximum atomic E-state index is 12.0. The van der Waals surface area contributed by atoms with E-state index in [-0.39, 0.29) is 31.1 Å². The first-order valence-electron chi connectivity index (χ1n) is 7.13. The maximum Gasteiger partial charge on any atom is 0.324 e. The molecule has 0 aromatic carbocycles. The molecule has 0 bridgehead atoms. The zero-order valence-electron chi connectivity index (χ0n) is 13.1. The second kappa shape index (κ2) is 7.22. The van der Waals surface area contributed by atoms with E-state index in [0.29, 0.717) is 18.8 Å². The molecule has 1 aliphatic rings. The Labute approximate surface area is 126 Å². The van der Waals surface area contributed by atoms with Gasteiger partial charge in [-0.15, -0.1) is 0 Å². The molecule has 21 heavy (non-hydrogen) atoms. The Balaban J connectivity index is 2.47. The Morgan fingerprint density at radius 1 is 1.38 bits per heavy atom. The van der Waals surface area contributed by atoms with Crippen molar-refractivity contribution >= 4 is 22.0 Å². The van der Waals surface area contributed by atoms with Crippen molar-refractivity contribution in [3.63, 3.8) is 0 Å². The maximum absolute atomic E-state index is 12.0. The molecular weight excluding hydrogens is 294 g/mol. The molecule has 1 fully saturated rings. The summed E-state index contributed by atoms with van der Waals surface area (Å²) in [4.78, 5) is 25.1. The van der Waals surface area contributed by atoms with Crippen LogP contribution < -0.4 is 5.32 Å². The van der Waals surface area contributed by atoms with Crippen molar-refractivity contribution in [3.8, 4) is 0 Å². The van der Waals surface area contributed by atoms with Gasteiger partial charge in [-0.25, -0.2) is 17.5 Å². The van der Waals surface area contributed by atoms with Crippen molar-refractivity contribution in [2.24, 2.45) is 5.92 Å². The van der Waals surface area contributed by atoms with Crippen LogP contribution in [0.3, 0.4) is 0 Å². The predicted molar refractivity (Wildman–Crippen MR) is 80.2 cm³/mol. The number of nitrogens with one attached hydrogen (secondary N) is 1. The van der Waals surface area contributed by atoms with Crippen LogP contribution in [0.2, 0.25) is 0 Å². The highest BCUT2D eigenvalue weighted by molar-refractivity contribution is 7.88. The summed E-state index contributed by atoms with van der Waals surface area (Å²) in [5.74, 6) is 0.226. The Morgan fingerprint density at radius 2 is 2.00 bits per heavy atom. The van der Waals surface area contributed by atoms with Gasteiger partial charge in [0.25, 0.3) is 0 Å². The molecular formula is C13H25N3O4S.